The fraction of sp³-hybridized carbons (Fsp3) is 0.458. The molecule has 1 N–H and O–H groups in total. The van der Waals surface area contributed by atoms with E-state index in [1.807, 2.05) is 26.0 Å². The zero-order valence-corrected chi connectivity index (χ0v) is 18.0. The van der Waals surface area contributed by atoms with Crippen molar-refractivity contribution in [2.75, 3.05) is 40.0 Å². The molecule has 0 aliphatic carbocycles. The summed E-state index contributed by atoms with van der Waals surface area (Å²) in [5, 5.41) is 3.44. The fourth-order valence-corrected chi connectivity index (χ4v) is 3.88. The van der Waals surface area contributed by atoms with E-state index in [1.165, 1.54) is 12.1 Å². The van der Waals surface area contributed by atoms with Gasteiger partial charge in [-0.25, -0.2) is 4.39 Å². The van der Waals surface area contributed by atoms with Crippen molar-refractivity contribution >= 4 is 5.91 Å². The number of carbonyl (C=O) groups is 1. The molecule has 3 rings (SSSR count). The Balaban J connectivity index is 1.53. The maximum atomic E-state index is 13.4. The van der Waals surface area contributed by atoms with Gasteiger partial charge in [0.25, 0.3) is 0 Å². The number of amides is 1. The van der Waals surface area contributed by atoms with Gasteiger partial charge in [-0.1, -0.05) is 18.2 Å². The molecule has 1 heterocycles. The van der Waals surface area contributed by atoms with E-state index in [4.69, 9.17) is 9.47 Å². The summed E-state index contributed by atoms with van der Waals surface area (Å²) in [5.41, 5.74) is 2.92. The summed E-state index contributed by atoms with van der Waals surface area (Å²) in [5.74, 6) is 0.552. The molecular formula is C24H31FN2O3. The monoisotopic (exact) mass is 414 g/mol. The molecule has 0 bridgehead atoms. The van der Waals surface area contributed by atoms with Crippen LogP contribution in [-0.2, 0) is 15.1 Å². The van der Waals surface area contributed by atoms with Gasteiger partial charge >= 0.3 is 0 Å². The van der Waals surface area contributed by atoms with E-state index in [0.29, 0.717) is 26.4 Å². The summed E-state index contributed by atoms with van der Waals surface area (Å²) in [6.07, 6.45) is 1.48. The number of halogens is 1. The van der Waals surface area contributed by atoms with Crippen LogP contribution in [0.2, 0.25) is 0 Å². The molecule has 0 aromatic heterocycles. The molecule has 1 saturated heterocycles. The lowest BCUT2D eigenvalue weighted by molar-refractivity contribution is -0.130. The largest absolute Gasteiger partial charge is 0.492 e. The molecule has 1 amide bonds. The van der Waals surface area contributed by atoms with E-state index in [-0.39, 0.29) is 23.8 Å². The van der Waals surface area contributed by atoms with Crippen LogP contribution in [0.4, 0.5) is 4.39 Å². The van der Waals surface area contributed by atoms with Crippen LogP contribution in [-0.4, -0.2) is 50.8 Å². The van der Waals surface area contributed by atoms with Crippen LogP contribution in [0.5, 0.6) is 5.75 Å². The second kappa shape index (κ2) is 10.0. The number of aryl methyl sites for hydroxylation is 2. The molecule has 2 aromatic rings. The van der Waals surface area contributed by atoms with Gasteiger partial charge in [0.15, 0.2) is 0 Å². The molecular weight excluding hydrogens is 383 g/mol. The van der Waals surface area contributed by atoms with Crippen molar-refractivity contribution in [3.63, 3.8) is 0 Å². The van der Waals surface area contributed by atoms with Gasteiger partial charge in [0, 0.05) is 25.8 Å². The van der Waals surface area contributed by atoms with Crippen LogP contribution in [0, 0.1) is 19.7 Å². The number of benzene rings is 2. The number of ether oxygens (including phenoxy) is 2. The third-order valence-corrected chi connectivity index (χ3v) is 5.64. The molecule has 30 heavy (non-hydrogen) atoms. The van der Waals surface area contributed by atoms with E-state index in [2.05, 4.69) is 11.4 Å². The van der Waals surface area contributed by atoms with Gasteiger partial charge in [0.2, 0.25) is 5.91 Å². The Kier molecular flexibility index (Phi) is 7.45. The molecule has 0 radical (unpaired) electrons. The number of carbonyl (C=O) groups excluding carboxylic acids is 1. The Bertz CT molecular complexity index is 828. The number of nitrogens with one attached hydrogen (secondary N) is 1. The van der Waals surface area contributed by atoms with Gasteiger partial charge in [-0.2, -0.15) is 0 Å². The maximum Gasteiger partial charge on any atom is 0.236 e. The van der Waals surface area contributed by atoms with Crippen LogP contribution < -0.4 is 10.1 Å². The minimum absolute atomic E-state index is 0.00741. The molecule has 162 valence electrons. The van der Waals surface area contributed by atoms with Gasteiger partial charge in [-0.3, -0.25) is 10.1 Å². The molecule has 6 heteroatoms. The van der Waals surface area contributed by atoms with Crippen molar-refractivity contribution in [2.45, 2.75) is 32.2 Å². The van der Waals surface area contributed by atoms with Crippen LogP contribution in [0.25, 0.3) is 0 Å². The van der Waals surface area contributed by atoms with Crippen LogP contribution in [0.15, 0.2) is 42.5 Å². The highest BCUT2D eigenvalue weighted by Crippen LogP contribution is 2.32. The van der Waals surface area contributed by atoms with E-state index >= 15 is 0 Å². The van der Waals surface area contributed by atoms with Crippen molar-refractivity contribution in [1.29, 1.82) is 0 Å². The molecule has 1 aliphatic rings. The first kappa shape index (κ1) is 22.2. The van der Waals surface area contributed by atoms with Gasteiger partial charge in [-0.15, -0.1) is 0 Å². The summed E-state index contributed by atoms with van der Waals surface area (Å²) >= 11 is 0. The molecule has 0 saturated carbocycles. The maximum absolute atomic E-state index is 13.4. The van der Waals surface area contributed by atoms with E-state index in [9.17, 15) is 9.18 Å². The Labute approximate surface area is 178 Å². The molecule has 1 aliphatic heterocycles. The summed E-state index contributed by atoms with van der Waals surface area (Å²) in [6.45, 7) is 6.43. The standard InChI is InChI=1S/C24H31FN2O3/c1-18-14-19(2)16-22(15-18)30-13-10-27(3)23(28)17-26-24(8-11-29-12-9-24)20-4-6-21(25)7-5-20/h4-7,14-16,26H,8-13,17H2,1-3H3. The number of nitrogens with zero attached hydrogens (tertiary/aromatic N) is 1. The zero-order chi connectivity index (χ0) is 21.6. The third kappa shape index (κ3) is 5.80. The van der Waals surface area contributed by atoms with E-state index in [1.54, 1.807) is 24.1 Å². The van der Waals surface area contributed by atoms with Crippen molar-refractivity contribution in [2.24, 2.45) is 0 Å². The molecule has 0 unspecified atom stereocenters. The smallest absolute Gasteiger partial charge is 0.236 e. The average molecular weight is 415 g/mol. The second-order valence-electron chi connectivity index (χ2n) is 8.04. The Hall–Kier alpha value is -2.44. The normalized spacial score (nSPS) is 15.6. The predicted molar refractivity (Wildman–Crippen MR) is 115 cm³/mol. The Morgan fingerprint density at radius 2 is 1.77 bits per heavy atom. The topological polar surface area (TPSA) is 50.8 Å². The predicted octanol–water partition coefficient (Wildman–Crippen LogP) is 3.58. The highest BCUT2D eigenvalue weighted by atomic mass is 19.1. The number of rotatable bonds is 8. The lowest BCUT2D eigenvalue weighted by Crippen LogP contribution is -2.50. The van der Waals surface area contributed by atoms with Crippen molar-refractivity contribution in [3.8, 4) is 5.75 Å². The van der Waals surface area contributed by atoms with Gasteiger partial charge in [0.1, 0.15) is 18.2 Å². The minimum Gasteiger partial charge on any atom is -0.492 e. The SMILES string of the molecule is Cc1cc(C)cc(OCCN(C)C(=O)CNC2(c3ccc(F)cc3)CCOCC2)c1. The molecule has 1 fully saturated rings. The summed E-state index contributed by atoms with van der Waals surface area (Å²) < 4.78 is 24.7. The first-order valence-corrected chi connectivity index (χ1v) is 10.4. The fourth-order valence-electron chi connectivity index (χ4n) is 3.88. The highest BCUT2D eigenvalue weighted by Gasteiger charge is 2.34. The summed E-state index contributed by atoms with van der Waals surface area (Å²) in [6, 6.07) is 12.6. The molecule has 2 aromatic carbocycles. The van der Waals surface area contributed by atoms with Crippen LogP contribution >= 0.6 is 0 Å². The van der Waals surface area contributed by atoms with Crippen molar-refractivity contribution in [1.82, 2.24) is 10.2 Å². The first-order chi connectivity index (χ1) is 14.4. The van der Waals surface area contributed by atoms with Gasteiger partial charge in [0.05, 0.1) is 13.1 Å². The zero-order valence-electron chi connectivity index (χ0n) is 18.0. The Morgan fingerprint density at radius 1 is 1.13 bits per heavy atom. The number of hydrogen-bond donors (Lipinski definition) is 1. The second-order valence-corrected chi connectivity index (χ2v) is 8.04. The van der Waals surface area contributed by atoms with Crippen molar-refractivity contribution < 1.29 is 18.7 Å². The average Bonchev–Trinajstić information content (AvgIpc) is 2.72. The van der Waals surface area contributed by atoms with E-state index < -0.39 is 0 Å². The summed E-state index contributed by atoms with van der Waals surface area (Å²) in [4.78, 5) is 14.4. The lowest BCUT2D eigenvalue weighted by atomic mass is 9.82. The first-order valence-electron chi connectivity index (χ1n) is 10.4. The van der Waals surface area contributed by atoms with Crippen LogP contribution in [0.1, 0.15) is 29.5 Å². The quantitative estimate of drug-likeness (QED) is 0.718. The van der Waals surface area contributed by atoms with Gasteiger partial charge in [-0.05, 0) is 67.6 Å². The summed E-state index contributed by atoms with van der Waals surface area (Å²) in [7, 11) is 1.78. The van der Waals surface area contributed by atoms with Gasteiger partial charge < -0.3 is 14.4 Å². The molecule has 0 spiro atoms. The Morgan fingerprint density at radius 3 is 2.40 bits per heavy atom. The van der Waals surface area contributed by atoms with Crippen LogP contribution in [0.3, 0.4) is 0 Å². The molecule has 5 nitrogen and oxygen atoms in total. The molecule has 0 atom stereocenters. The van der Waals surface area contributed by atoms with Crippen molar-refractivity contribution in [3.05, 3.63) is 65.0 Å². The number of likely N-dealkylation sites (N-methyl/N-ethyl adjacent to an activating group) is 1. The highest BCUT2D eigenvalue weighted by molar-refractivity contribution is 5.78. The van der Waals surface area contributed by atoms with E-state index in [0.717, 1.165) is 35.3 Å². The number of hydrogen-bond acceptors (Lipinski definition) is 4. The minimum atomic E-state index is -0.377. The lowest BCUT2D eigenvalue weighted by Gasteiger charge is -2.39. The third-order valence-electron chi connectivity index (χ3n) is 5.64.